The van der Waals surface area contributed by atoms with Crippen molar-refractivity contribution >= 4 is 56.8 Å². The maximum Gasteiger partial charge on any atom is 0.233 e. The molecule has 0 atom stereocenters. The molecule has 6 heteroatoms. The van der Waals surface area contributed by atoms with Gasteiger partial charge in [0, 0.05) is 22.3 Å². The number of fused-ring (bicyclic) bond motifs is 1. The van der Waals surface area contributed by atoms with Crippen molar-refractivity contribution in [3.63, 3.8) is 0 Å². The van der Waals surface area contributed by atoms with E-state index in [0.29, 0.717) is 35.3 Å². The van der Waals surface area contributed by atoms with E-state index in [1.807, 2.05) is 36.4 Å². The van der Waals surface area contributed by atoms with Gasteiger partial charge in [-0.1, -0.05) is 83.5 Å². The van der Waals surface area contributed by atoms with Crippen LogP contribution in [0.1, 0.15) is 11.1 Å². The summed E-state index contributed by atoms with van der Waals surface area (Å²) in [6.07, 6.45) is 0.364. The van der Waals surface area contributed by atoms with E-state index in [-0.39, 0.29) is 5.91 Å². The Morgan fingerprint density at radius 3 is 2.71 bits per heavy atom. The molecule has 142 valence electrons. The molecule has 0 saturated carbocycles. The van der Waals surface area contributed by atoms with Crippen molar-refractivity contribution in [2.75, 3.05) is 13.1 Å². The molecule has 0 N–H and O–H groups in total. The number of benzene rings is 3. The van der Waals surface area contributed by atoms with Crippen LogP contribution in [-0.4, -0.2) is 29.1 Å². The van der Waals surface area contributed by atoms with Crippen LogP contribution < -0.4 is 0 Å². The lowest BCUT2D eigenvalue weighted by molar-refractivity contribution is -0.126. The number of hydrogen-bond donors (Lipinski definition) is 0. The summed E-state index contributed by atoms with van der Waals surface area (Å²) in [7, 11) is 0. The second-order valence-corrected chi connectivity index (χ2v) is 8.34. The number of amides is 1. The zero-order valence-electron chi connectivity index (χ0n) is 15.1. The summed E-state index contributed by atoms with van der Waals surface area (Å²) in [5.74, 6) is 0.717. The lowest BCUT2D eigenvalue weighted by Crippen LogP contribution is -2.34. The fraction of sp³-hybridized carbons (Fsp3) is 0.182. The molecule has 0 spiro atoms. The van der Waals surface area contributed by atoms with E-state index < -0.39 is 0 Å². The summed E-state index contributed by atoms with van der Waals surface area (Å²) < 4.78 is 0. The first-order valence-corrected chi connectivity index (χ1v) is 10.7. The molecule has 3 aromatic rings. The third kappa shape index (κ3) is 4.19. The Morgan fingerprint density at radius 1 is 1.04 bits per heavy atom. The van der Waals surface area contributed by atoms with Gasteiger partial charge in [-0.25, -0.2) is 0 Å². The minimum absolute atomic E-state index is 0.0716. The van der Waals surface area contributed by atoms with Crippen molar-refractivity contribution in [3.05, 3.63) is 81.8 Å². The maximum absolute atomic E-state index is 13.0. The Balaban J connectivity index is 1.46. The molecule has 0 radical (unpaired) electrons. The lowest BCUT2D eigenvalue weighted by atomic mass is 10.0. The molecule has 0 aliphatic carbocycles. The van der Waals surface area contributed by atoms with Gasteiger partial charge in [-0.2, -0.15) is 0 Å². The van der Waals surface area contributed by atoms with Crippen molar-refractivity contribution in [3.8, 4) is 0 Å². The van der Waals surface area contributed by atoms with Gasteiger partial charge in [-0.3, -0.25) is 14.7 Å². The Morgan fingerprint density at radius 2 is 1.86 bits per heavy atom. The first-order chi connectivity index (χ1) is 13.6. The second kappa shape index (κ2) is 8.56. The molecule has 3 aromatic carbocycles. The summed E-state index contributed by atoms with van der Waals surface area (Å²) in [5, 5.41) is 4.28. The van der Waals surface area contributed by atoms with Gasteiger partial charge in [0.1, 0.15) is 0 Å². The monoisotopic (exact) mass is 428 g/mol. The number of thioether (sulfide) groups is 1. The molecule has 0 saturated heterocycles. The fourth-order valence-electron chi connectivity index (χ4n) is 3.27. The first kappa shape index (κ1) is 19.3. The van der Waals surface area contributed by atoms with Gasteiger partial charge in [0.15, 0.2) is 5.17 Å². The molecule has 0 unspecified atom stereocenters. The number of amidine groups is 1. The predicted molar refractivity (Wildman–Crippen MR) is 119 cm³/mol. The van der Waals surface area contributed by atoms with Crippen LogP contribution in [0.3, 0.4) is 0 Å². The lowest BCUT2D eigenvalue weighted by Gasteiger charge is -2.18. The number of aliphatic imine (C=N–C) groups is 1. The first-order valence-electron chi connectivity index (χ1n) is 9.00. The van der Waals surface area contributed by atoms with Crippen LogP contribution in [0.15, 0.2) is 65.7 Å². The van der Waals surface area contributed by atoms with Crippen LogP contribution in [0, 0.1) is 0 Å². The minimum Gasteiger partial charge on any atom is -0.289 e. The third-order valence-corrected chi connectivity index (χ3v) is 6.35. The van der Waals surface area contributed by atoms with Crippen LogP contribution in [-0.2, 0) is 17.0 Å². The second-order valence-electron chi connectivity index (χ2n) is 6.55. The van der Waals surface area contributed by atoms with E-state index >= 15 is 0 Å². The maximum atomic E-state index is 13.0. The number of rotatable bonds is 4. The smallest absolute Gasteiger partial charge is 0.233 e. The normalized spacial score (nSPS) is 13.8. The van der Waals surface area contributed by atoms with E-state index in [1.54, 1.807) is 11.0 Å². The van der Waals surface area contributed by atoms with E-state index in [9.17, 15) is 4.79 Å². The molecule has 1 amide bonds. The van der Waals surface area contributed by atoms with Gasteiger partial charge in [-0.05, 0) is 34.0 Å². The largest absolute Gasteiger partial charge is 0.289 e. The molecule has 0 bridgehead atoms. The van der Waals surface area contributed by atoms with Gasteiger partial charge in [-0.15, -0.1) is 0 Å². The summed E-state index contributed by atoms with van der Waals surface area (Å²) in [6, 6.07) is 19.7. The van der Waals surface area contributed by atoms with Crippen molar-refractivity contribution in [2.45, 2.75) is 12.2 Å². The van der Waals surface area contributed by atoms with E-state index in [1.165, 1.54) is 11.8 Å². The highest BCUT2D eigenvalue weighted by molar-refractivity contribution is 8.13. The molecule has 28 heavy (non-hydrogen) atoms. The summed E-state index contributed by atoms with van der Waals surface area (Å²) in [6.45, 7) is 1.26. The summed E-state index contributed by atoms with van der Waals surface area (Å²) in [4.78, 5) is 19.3. The third-order valence-electron chi connectivity index (χ3n) is 4.70. The van der Waals surface area contributed by atoms with Gasteiger partial charge in [0.2, 0.25) is 5.91 Å². The highest BCUT2D eigenvalue weighted by Gasteiger charge is 2.24. The molecule has 1 heterocycles. The van der Waals surface area contributed by atoms with Gasteiger partial charge < -0.3 is 0 Å². The zero-order chi connectivity index (χ0) is 19.5. The van der Waals surface area contributed by atoms with Crippen molar-refractivity contribution in [2.24, 2.45) is 4.99 Å². The average Bonchev–Trinajstić information content (AvgIpc) is 3.16. The summed E-state index contributed by atoms with van der Waals surface area (Å²) in [5.41, 5.74) is 2.02. The van der Waals surface area contributed by atoms with Gasteiger partial charge in [0.25, 0.3) is 0 Å². The van der Waals surface area contributed by atoms with Crippen LogP contribution in [0.4, 0.5) is 0 Å². The van der Waals surface area contributed by atoms with Crippen LogP contribution in [0.2, 0.25) is 10.0 Å². The van der Waals surface area contributed by atoms with Gasteiger partial charge >= 0.3 is 0 Å². The fourth-order valence-corrected chi connectivity index (χ4v) is 4.89. The Hall–Kier alpha value is -2.01. The predicted octanol–water partition coefficient (Wildman–Crippen LogP) is 5.82. The number of nitrogens with zero attached hydrogens (tertiary/aromatic N) is 2. The average molecular weight is 429 g/mol. The molecular weight excluding hydrogens is 411 g/mol. The number of halogens is 2. The minimum atomic E-state index is 0.0716. The van der Waals surface area contributed by atoms with Crippen LogP contribution >= 0.6 is 35.0 Å². The molecular formula is C22H18Cl2N2OS. The summed E-state index contributed by atoms with van der Waals surface area (Å²) >= 11 is 13.8. The van der Waals surface area contributed by atoms with E-state index in [4.69, 9.17) is 23.2 Å². The number of carbonyl (C=O) groups is 1. The van der Waals surface area contributed by atoms with E-state index in [2.05, 4.69) is 23.2 Å². The van der Waals surface area contributed by atoms with Crippen molar-refractivity contribution < 1.29 is 4.79 Å². The SMILES string of the molecule is O=C(Cc1cccc2ccccc12)N1CCN=C1SCc1ccc(Cl)cc1Cl. The highest BCUT2D eigenvalue weighted by atomic mass is 35.5. The number of hydrogen-bond acceptors (Lipinski definition) is 3. The Kier molecular flexibility index (Phi) is 5.90. The van der Waals surface area contributed by atoms with Crippen LogP contribution in [0.25, 0.3) is 10.8 Å². The molecule has 1 aliphatic rings. The molecule has 3 nitrogen and oxygen atoms in total. The highest BCUT2D eigenvalue weighted by Crippen LogP contribution is 2.27. The number of carbonyl (C=O) groups excluding carboxylic acids is 1. The Labute approximate surface area is 178 Å². The Bertz CT molecular complexity index is 1060. The standard InChI is InChI=1S/C22H18Cl2N2OS/c23-18-9-8-17(20(24)13-18)14-28-22-25-10-11-26(22)21(27)12-16-6-3-5-15-4-1-2-7-19(15)16/h1-9,13H,10-12,14H2. The van der Waals surface area contributed by atoms with Crippen LogP contribution in [0.5, 0.6) is 0 Å². The molecule has 0 fully saturated rings. The quantitative estimate of drug-likeness (QED) is 0.524. The van der Waals surface area contributed by atoms with Crippen molar-refractivity contribution in [1.82, 2.24) is 4.90 Å². The van der Waals surface area contributed by atoms with Gasteiger partial charge in [0.05, 0.1) is 13.0 Å². The topological polar surface area (TPSA) is 32.7 Å². The van der Waals surface area contributed by atoms with E-state index in [0.717, 1.165) is 27.1 Å². The molecule has 0 aromatic heterocycles. The molecule has 1 aliphatic heterocycles. The zero-order valence-corrected chi connectivity index (χ0v) is 17.4. The van der Waals surface area contributed by atoms with Crippen molar-refractivity contribution in [1.29, 1.82) is 0 Å². The molecule has 4 rings (SSSR count).